The number of benzene rings is 9. The molecule has 0 saturated heterocycles. The van der Waals surface area contributed by atoms with Gasteiger partial charge in [-0.1, -0.05) is 164 Å². The molecule has 9 aromatic rings. The van der Waals surface area contributed by atoms with Crippen LogP contribution in [0.25, 0.3) is 88.1 Å². The second-order valence-electron chi connectivity index (χ2n) is 15.5. The van der Waals surface area contributed by atoms with Crippen molar-refractivity contribution in [1.29, 1.82) is 0 Å². The Hall–Kier alpha value is -6.76. The lowest BCUT2D eigenvalue weighted by atomic mass is 9.78. The van der Waals surface area contributed by atoms with Gasteiger partial charge in [-0.05, 0) is 166 Å². The summed E-state index contributed by atoms with van der Waals surface area (Å²) in [7, 11) is 0. The molecule has 0 heteroatoms. The maximum atomic E-state index is 2.54. The van der Waals surface area contributed by atoms with Gasteiger partial charge in [0.25, 0.3) is 0 Å². The molecule has 0 fully saturated rings. The lowest BCUT2D eigenvalue weighted by molar-refractivity contribution is 0.894. The topological polar surface area (TPSA) is 0 Å². The lowest BCUT2D eigenvalue weighted by Crippen LogP contribution is -2.06. The fraction of sp³-hybridized carbons (Fsp3) is 0.0714. The quantitative estimate of drug-likeness (QED) is 0.156. The van der Waals surface area contributed by atoms with Gasteiger partial charge in [0.15, 0.2) is 0 Å². The first-order valence-corrected chi connectivity index (χ1v) is 20.0. The van der Waals surface area contributed by atoms with E-state index in [9.17, 15) is 0 Å². The van der Waals surface area contributed by atoms with Crippen molar-refractivity contribution in [3.8, 4) is 33.4 Å². The molecule has 0 aliphatic heterocycles. The molecule has 0 bridgehead atoms. The lowest BCUT2D eigenvalue weighted by Gasteiger charge is -2.26. The van der Waals surface area contributed by atoms with Crippen molar-refractivity contribution in [2.75, 3.05) is 0 Å². The Labute approximate surface area is 328 Å². The summed E-state index contributed by atoms with van der Waals surface area (Å²) in [5.41, 5.74) is 16.2. The molecule has 2 aliphatic carbocycles. The largest absolute Gasteiger partial charge is 0.0622 e. The highest BCUT2D eigenvalue weighted by Gasteiger charge is 2.23. The second-order valence-corrected chi connectivity index (χ2v) is 15.5. The minimum absolute atomic E-state index is 1.02. The Morgan fingerprint density at radius 3 is 1.52 bits per heavy atom. The predicted octanol–water partition coefficient (Wildman–Crippen LogP) is 15.4. The van der Waals surface area contributed by atoms with Crippen LogP contribution in [0, 0.1) is 0 Å². The van der Waals surface area contributed by atoms with Crippen molar-refractivity contribution in [2.24, 2.45) is 0 Å². The molecular formula is C56H40. The Morgan fingerprint density at radius 2 is 0.821 bits per heavy atom. The Kier molecular flexibility index (Phi) is 7.88. The van der Waals surface area contributed by atoms with Crippen LogP contribution >= 0.6 is 0 Å². The van der Waals surface area contributed by atoms with Crippen LogP contribution in [0.5, 0.6) is 0 Å². The van der Waals surface area contributed by atoms with E-state index in [4.69, 9.17) is 0 Å². The van der Waals surface area contributed by atoms with Gasteiger partial charge in [-0.25, -0.2) is 0 Å². The van der Waals surface area contributed by atoms with Crippen LogP contribution in [0.3, 0.4) is 0 Å². The molecule has 56 heavy (non-hydrogen) atoms. The highest BCUT2D eigenvalue weighted by atomic mass is 14.3. The van der Waals surface area contributed by atoms with Gasteiger partial charge >= 0.3 is 0 Å². The van der Waals surface area contributed by atoms with Crippen molar-refractivity contribution >= 4 is 54.7 Å². The van der Waals surface area contributed by atoms with Crippen LogP contribution in [0.15, 0.2) is 199 Å². The average Bonchev–Trinajstić information content (AvgIpc) is 3.28. The molecule has 2 aliphatic rings. The van der Waals surface area contributed by atoms with Gasteiger partial charge in [-0.3, -0.25) is 0 Å². The van der Waals surface area contributed by atoms with E-state index < -0.39 is 0 Å². The third kappa shape index (κ3) is 5.69. The Bertz CT molecular complexity index is 3100. The van der Waals surface area contributed by atoms with Gasteiger partial charge in [0.1, 0.15) is 0 Å². The van der Waals surface area contributed by atoms with Gasteiger partial charge in [-0.15, -0.1) is 0 Å². The van der Waals surface area contributed by atoms with Crippen molar-refractivity contribution in [1.82, 2.24) is 0 Å². The van der Waals surface area contributed by atoms with Crippen molar-refractivity contribution in [3.05, 3.63) is 216 Å². The summed E-state index contributed by atoms with van der Waals surface area (Å²) in [5, 5.41) is 10.4. The summed E-state index contributed by atoms with van der Waals surface area (Å²) in [4.78, 5) is 0. The monoisotopic (exact) mass is 712 g/mol. The number of hydrogen-bond donors (Lipinski definition) is 0. The van der Waals surface area contributed by atoms with E-state index in [0.29, 0.717) is 0 Å². The van der Waals surface area contributed by atoms with Gasteiger partial charge in [0.05, 0.1) is 0 Å². The predicted molar refractivity (Wildman–Crippen MR) is 241 cm³/mol. The number of aryl methyl sites for hydroxylation is 1. The summed E-state index contributed by atoms with van der Waals surface area (Å²) in [5.74, 6) is 0. The number of hydrogen-bond acceptors (Lipinski definition) is 0. The van der Waals surface area contributed by atoms with E-state index in [1.165, 1.54) is 110 Å². The summed E-state index contributed by atoms with van der Waals surface area (Å²) in [6.45, 7) is 0. The first-order valence-electron chi connectivity index (χ1n) is 20.0. The van der Waals surface area contributed by atoms with E-state index in [0.717, 1.165) is 25.7 Å². The molecule has 0 spiro atoms. The zero-order chi connectivity index (χ0) is 37.0. The molecule has 9 aromatic carbocycles. The molecule has 264 valence electrons. The molecule has 0 atom stereocenters. The molecule has 0 saturated carbocycles. The van der Waals surface area contributed by atoms with Gasteiger partial charge in [0, 0.05) is 0 Å². The van der Waals surface area contributed by atoms with Gasteiger partial charge in [0.2, 0.25) is 0 Å². The summed E-state index contributed by atoms with van der Waals surface area (Å²) < 4.78 is 0. The average molecular weight is 713 g/mol. The molecule has 0 heterocycles. The molecule has 0 aromatic heterocycles. The SMILES string of the molecule is C1=C(C2=Cc3c(-c4ccccc4)cc4c(cc(-c5ccccc5)c5cc(-c6ccc7ccccc7c6)ccc54)c3CC2)CCC(c2ccc3ccccc3c2)=C1. The van der Waals surface area contributed by atoms with Crippen molar-refractivity contribution in [2.45, 2.75) is 25.7 Å². The highest BCUT2D eigenvalue weighted by molar-refractivity contribution is 6.17. The second kappa shape index (κ2) is 13.5. The van der Waals surface area contributed by atoms with Gasteiger partial charge in [-0.2, -0.15) is 0 Å². The normalized spacial score (nSPS) is 14.1. The molecule has 11 rings (SSSR count). The smallest absolute Gasteiger partial charge is 0.00928 e. The van der Waals surface area contributed by atoms with E-state index in [1.807, 2.05) is 0 Å². The van der Waals surface area contributed by atoms with Crippen LogP contribution in [-0.2, 0) is 6.42 Å². The van der Waals surface area contributed by atoms with Crippen LogP contribution in [0.2, 0.25) is 0 Å². The van der Waals surface area contributed by atoms with Crippen LogP contribution in [0.4, 0.5) is 0 Å². The van der Waals surface area contributed by atoms with E-state index in [1.54, 1.807) is 0 Å². The number of allylic oxidation sites excluding steroid dienone is 5. The molecular weight excluding hydrogens is 673 g/mol. The Morgan fingerprint density at radius 1 is 0.286 bits per heavy atom. The molecule has 0 nitrogen and oxygen atoms in total. The molecule has 0 amide bonds. The van der Waals surface area contributed by atoms with Crippen LogP contribution in [0.1, 0.15) is 36.0 Å². The first-order chi connectivity index (χ1) is 27.7. The number of rotatable bonds is 5. The molecule has 0 radical (unpaired) electrons. The minimum Gasteiger partial charge on any atom is -0.0622 e. The maximum Gasteiger partial charge on any atom is -0.00928 e. The third-order valence-corrected chi connectivity index (χ3v) is 12.3. The van der Waals surface area contributed by atoms with Crippen molar-refractivity contribution in [3.63, 3.8) is 0 Å². The van der Waals surface area contributed by atoms with E-state index >= 15 is 0 Å². The maximum absolute atomic E-state index is 2.54. The standard InChI is InChI=1S/C56H40/c1-3-13-41(14-4-1)51-35-56-50-30-28-48(46-26-24-38-12-8-10-18-44(38)32-46)34-54(50)52(42-15-5-2-6-16-42)36-55(56)49-29-27-47(33-53(49)51)40-21-19-39(20-22-40)45-25-23-37-11-7-9-17-43(37)31-45/h1-19,21,23-26,28,30-36H,20,22,27,29H2. The van der Waals surface area contributed by atoms with E-state index in [-0.39, 0.29) is 0 Å². The highest BCUT2D eigenvalue weighted by Crippen LogP contribution is 2.46. The van der Waals surface area contributed by atoms with Crippen molar-refractivity contribution < 1.29 is 0 Å². The molecule has 0 N–H and O–H groups in total. The molecule has 0 unspecified atom stereocenters. The zero-order valence-electron chi connectivity index (χ0n) is 31.3. The van der Waals surface area contributed by atoms with E-state index in [2.05, 4.69) is 194 Å². The number of fused-ring (bicyclic) bond motifs is 7. The van der Waals surface area contributed by atoms with Crippen LogP contribution in [-0.4, -0.2) is 0 Å². The zero-order valence-corrected chi connectivity index (χ0v) is 31.3. The summed E-state index contributed by atoms with van der Waals surface area (Å²) in [6.07, 6.45) is 11.5. The Balaban J connectivity index is 1.08. The fourth-order valence-corrected chi connectivity index (χ4v) is 9.37. The fourth-order valence-electron chi connectivity index (χ4n) is 9.37. The van der Waals surface area contributed by atoms with Crippen LogP contribution < -0.4 is 0 Å². The first kappa shape index (κ1) is 32.7. The summed E-state index contributed by atoms with van der Waals surface area (Å²) in [6, 6.07) is 65.2. The third-order valence-electron chi connectivity index (χ3n) is 12.3. The van der Waals surface area contributed by atoms with Gasteiger partial charge < -0.3 is 0 Å². The minimum atomic E-state index is 1.02. The summed E-state index contributed by atoms with van der Waals surface area (Å²) >= 11 is 0.